The Morgan fingerprint density at radius 2 is 2.35 bits per heavy atom. The normalized spacial score (nSPS) is 18.1. The molecule has 1 N–H and O–H groups in total. The van der Waals surface area contributed by atoms with Gasteiger partial charge in [0.15, 0.2) is 17.3 Å². The largest absolute Gasteiger partial charge is 0.436 e. The number of halogens is 3. The standard InChI is InChI=1S/C10H11F3N4O3/c11-10(12,13)8-4-7(20-15-8)5-16-3-1-2-14-9(16)6-17(18)19/h4,6,14H,1-3,5H2. The topological polar surface area (TPSA) is 84.4 Å². The predicted molar refractivity (Wildman–Crippen MR) is 59.6 cm³/mol. The van der Waals surface area contributed by atoms with E-state index in [4.69, 9.17) is 0 Å². The van der Waals surface area contributed by atoms with Gasteiger partial charge in [0.1, 0.15) is 0 Å². The number of nitro groups is 1. The van der Waals surface area contributed by atoms with Crippen LogP contribution in [0.5, 0.6) is 0 Å². The second-order valence-corrected chi connectivity index (χ2v) is 4.18. The molecule has 0 spiro atoms. The highest BCUT2D eigenvalue weighted by Crippen LogP contribution is 2.29. The van der Waals surface area contributed by atoms with Crippen LogP contribution in [0.3, 0.4) is 0 Å². The highest BCUT2D eigenvalue weighted by atomic mass is 19.4. The maximum absolute atomic E-state index is 12.4. The Hall–Kier alpha value is -2.26. The van der Waals surface area contributed by atoms with Crippen LogP contribution < -0.4 is 5.32 Å². The van der Waals surface area contributed by atoms with Crippen LogP contribution in [0, 0.1) is 10.1 Å². The predicted octanol–water partition coefficient (Wildman–Crippen LogP) is 1.56. The lowest BCUT2D eigenvalue weighted by Crippen LogP contribution is -2.39. The van der Waals surface area contributed by atoms with Gasteiger partial charge in [-0.3, -0.25) is 10.1 Å². The van der Waals surface area contributed by atoms with Gasteiger partial charge >= 0.3 is 6.18 Å². The fraction of sp³-hybridized carbons (Fsp3) is 0.500. The third kappa shape index (κ3) is 3.39. The molecule has 1 aliphatic rings. The summed E-state index contributed by atoms with van der Waals surface area (Å²) in [5.74, 6) is 0.237. The molecular weight excluding hydrogens is 281 g/mol. The molecule has 0 aromatic carbocycles. The maximum Gasteiger partial charge on any atom is 0.436 e. The minimum Gasteiger partial charge on any atom is -0.367 e. The number of alkyl halides is 3. The number of aromatic nitrogens is 1. The van der Waals surface area contributed by atoms with Crippen molar-refractivity contribution in [1.82, 2.24) is 15.4 Å². The molecule has 7 nitrogen and oxygen atoms in total. The van der Waals surface area contributed by atoms with Crippen molar-refractivity contribution in [2.45, 2.75) is 19.1 Å². The summed E-state index contributed by atoms with van der Waals surface area (Å²) in [5, 5.41) is 16.2. The fourth-order valence-electron chi connectivity index (χ4n) is 1.82. The van der Waals surface area contributed by atoms with Gasteiger partial charge in [-0.25, -0.2) is 0 Å². The van der Waals surface area contributed by atoms with Crippen LogP contribution in [0.2, 0.25) is 0 Å². The summed E-state index contributed by atoms with van der Waals surface area (Å²) in [7, 11) is 0. The zero-order valence-electron chi connectivity index (χ0n) is 10.2. The zero-order chi connectivity index (χ0) is 14.8. The van der Waals surface area contributed by atoms with Crippen LogP contribution in [0.1, 0.15) is 17.9 Å². The lowest BCUT2D eigenvalue weighted by atomic mass is 10.2. The number of nitrogens with zero attached hydrogens (tertiary/aromatic N) is 3. The smallest absolute Gasteiger partial charge is 0.367 e. The first-order valence-corrected chi connectivity index (χ1v) is 5.73. The molecule has 0 amide bonds. The van der Waals surface area contributed by atoms with Crippen LogP contribution in [0.25, 0.3) is 0 Å². The van der Waals surface area contributed by atoms with Crippen molar-refractivity contribution < 1.29 is 22.6 Å². The average Bonchev–Trinajstić information content (AvgIpc) is 2.79. The van der Waals surface area contributed by atoms with E-state index in [0.29, 0.717) is 13.1 Å². The second-order valence-electron chi connectivity index (χ2n) is 4.18. The summed E-state index contributed by atoms with van der Waals surface area (Å²) in [6.45, 7) is 1.03. The summed E-state index contributed by atoms with van der Waals surface area (Å²) < 4.78 is 41.7. The molecule has 0 unspecified atom stereocenters. The van der Waals surface area contributed by atoms with Gasteiger partial charge in [0.05, 0.1) is 11.5 Å². The zero-order valence-corrected chi connectivity index (χ0v) is 10.2. The van der Waals surface area contributed by atoms with Gasteiger partial charge in [-0.15, -0.1) is 0 Å². The molecule has 0 aliphatic carbocycles. The highest BCUT2D eigenvalue weighted by molar-refractivity contribution is 5.10. The molecule has 110 valence electrons. The van der Waals surface area contributed by atoms with Crippen molar-refractivity contribution in [1.29, 1.82) is 0 Å². The molecule has 20 heavy (non-hydrogen) atoms. The molecule has 1 aromatic rings. The van der Waals surface area contributed by atoms with Gasteiger partial charge in [-0.1, -0.05) is 5.16 Å². The van der Waals surface area contributed by atoms with E-state index in [-0.39, 0.29) is 18.1 Å². The molecule has 1 saturated heterocycles. The van der Waals surface area contributed by atoms with E-state index in [1.54, 1.807) is 0 Å². The van der Waals surface area contributed by atoms with Crippen molar-refractivity contribution in [2.75, 3.05) is 13.1 Å². The Morgan fingerprint density at radius 3 is 2.95 bits per heavy atom. The molecule has 2 rings (SSSR count). The van der Waals surface area contributed by atoms with Crippen LogP contribution >= 0.6 is 0 Å². The van der Waals surface area contributed by atoms with Crippen molar-refractivity contribution in [2.24, 2.45) is 0 Å². The summed E-state index contributed by atoms with van der Waals surface area (Å²) in [4.78, 5) is 11.4. The van der Waals surface area contributed by atoms with Crippen LogP contribution in [-0.2, 0) is 12.7 Å². The van der Waals surface area contributed by atoms with Crippen molar-refractivity contribution in [3.05, 3.63) is 39.7 Å². The summed E-state index contributed by atoms with van der Waals surface area (Å²) >= 11 is 0. The lowest BCUT2D eigenvalue weighted by Gasteiger charge is -2.29. The molecule has 10 heteroatoms. The third-order valence-electron chi connectivity index (χ3n) is 2.68. The van der Waals surface area contributed by atoms with Gasteiger partial charge in [0.2, 0.25) is 0 Å². The van der Waals surface area contributed by atoms with Crippen LogP contribution in [0.4, 0.5) is 13.2 Å². The SMILES string of the molecule is O=[N+]([O-])C=C1NCCCN1Cc1cc(C(F)(F)F)no1. The summed E-state index contributed by atoms with van der Waals surface area (Å²) in [5.41, 5.74) is -1.11. The fourth-order valence-corrected chi connectivity index (χ4v) is 1.82. The average molecular weight is 292 g/mol. The molecule has 0 saturated carbocycles. The number of hydrogen-bond donors (Lipinski definition) is 1. The Labute approximate surface area is 111 Å². The van der Waals surface area contributed by atoms with E-state index >= 15 is 0 Å². The van der Waals surface area contributed by atoms with E-state index in [1.807, 2.05) is 0 Å². The van der Waals surface area contributed by atoms with E-state index in [0.717, 1.165) is 18.7 Å². The quantitative estimate of drug-likeness (QED) is 0.672. The van der Waals surface area contributed by atoms with Gasteiger partial charge < -0.3 is 14.7 Å². The number of nitrogens with one attached hydrogen (secondary N) is 1. The molecule has 1 fully saturated rings. The monoisotopic (exact) mass is 292 g/mol. The molecule has 0 atom stereocenters. The molecule has 1 aromatic heterocycles. The molecule has 0 radical (unpaired) electrons. The first kappa shape index (κ1) is 14.2. The van der Waals surface area contributed by atoms with Crippen molar-refractivity contribution in [3.63, 3.8) is 0 Å². The molecular formula is C10H11F3N4O3. The van der Waals surface area contributed by atoms with Crippen LogP contribution in [0.15, 0.2) is 22.6 Å². The summed E-state index contributed by atoms with van der Waals surface area (Å²) in [6.07, 6.45) is -3.07. The van der Waals surface area contributed by atoms with E-state index in [1.165, 1.54) is 4.90 Å². The number of hydrogen-bond acceptors (Lipinski definition) is 6. The van der Waals surface area contributed by atoms with Gasteiger partial charge in [0, 0.05) is 19.2 Å². The lowest BCUT2D eigenvalue weighted by molar-refractivity contribution is -0.405. The molecule has 1 aliphatic heterocycles. The Morgan fingerprint density at radius 1 is 1.60 bits per heavy atom. The first-order valence-electron chi connectivity index (χ1n) is 5.73. The Kier molecular flexibility index (Phi) is 3.81. The first-order chi connectivity index (χ1) is 9.36. The second kappa shape index (κ2) is 5.39. The molecule has 0 bridgehead atoms. The minimum atomic E-state index is -4.57. The van der Waals surface area contributed by atoms with E-state index in [2.05, 4.69) is 15.0 Å². The van der Waals surface area contributed by atoms with Gasteiger partial charge in [-0.2, -0.15) is 13.2 Å². The maximum atomic E-state index is 12.4. The highest BCUT2D eigenvalue weighted by Gasteiger charge is 2.35. The minimum absolute atomic E-state index is 0.00438. The molecule has 2 heterocycles. The van der Waals surface area contributed by atoms with E-state index in [9.17, 15) is 23.3 Å². The Balaban J connectivity index is 2.11. The summed E-state index contributed by atoms with van der Waals surface area (Å²) in [6, 6.07) is 0.790. The number of rotatable bonds is 3. The van der Waals surface area contributed by atoms with Gasteiger partial charge in [-0.05, 0) is 6.42 Å². The Bertz CT molecular complexity index is 526. The van der Waals surface area contributed by atoms with Crippen molar-refractivity contribution >= 4 is 0 Å². The van der Waals surface area contributed by atoms with Gasteiger partial charge in [0.25, 0.3) is 6.20 Å². The third-order valence-corrected chi connectivity index (χ3v) is 2.68. The van der Waals surface area contributed by atoms with Crippen molar-refractivity contribution in [3.8, 4) is 0 Å². The van der Waals surface area contributed by atoms with E-state index < -0.39 is 16.8 Å². The van der Waals surface area contributed by atoms with Crippen LogP contribution in [-0.4, -0.2) is 28.1 Å².